The molecule has 1 N–H and O–H groups in total. The lowest BCUT2D eigenvalue weighted by Gasteiger charge is -2.24. The summed E-state index contributed by atoms with van der Waals surface area (Å²) in [5.41, 5.74) is 1.23. The van der Waals surface area contributed by atoms with Crippen LogP contribution in [-0.4, -0.2) is 8.96 Å². The van der Waals surface area contributed by atoms with Crippen LogP contribution in [0.5, 0.6) is 0 Å². The van der Waals surface area contributed by atoms with E-state index < -0.39 is 11.0 Å². The van der Waals surface area contributed by atoms with E-state index in [1.807, 2.05) is 26.8 Å². The second-order valence-corrected chi connectivity index (χ2v) is 8.03. The lowest BCUT2D eigenvalue weighted by molar-refractivity contribution is 0.591. The zero-order chi connectivity index (χ0) is 14.8. The number of hydrogen-bond donors (Lipinski definition) is 1. The van der Waals surface area contributed by atoms with Gasteiger partial charge in [-0.15, -0.1) is 0 Å². The highest BCUT2D eigenvalue weighted by Gasteiger charge is 2.23. The summed E-state index contributed by atoms with van der Waals surface area (Å²) in [7, 11) is -1.06. The van der Waals surface area contributed by atoms with Crippen LogP contribution in [0, 0.1) is 0 Å². The summed E-state index contributed by atoms with van der Waals surface area (Å²) in [5.74, 6) is 0. The normalized spacial score (nSPS) is 15.2. The molecule has 108 valence electrons. The van der Waals surface area contributed by atoms with Crippen molar-refractivity contribution in [1.82, 2.24) is 4.72 Å². The molecule has 0 bridgehead atoms. The molecule has 0 aliphatic heterocycles. The first kappa shape index (κ1) is 15.2. The van der Waals surface area contributed by atoms with E-state index in [0.29, 0.717) is 0 Å². The molecule has 0 aromatic heterocycles. The minimum absolute atomic E-state index is 0.112. The van der Waals surface area contributed by atoms with E-state index in [9.17, 15) is 4.21 Å². The van der Waals surface area contributed by atoms with Crippen LogP contribution in [0.3, 0.4) is 0 Å². The monoisotopic (exact) mass is 289 g/mol. The summed E-state index contributed by atoms with van der Waals surface area (Å²) in [6.45, 7) is 8.10. The third kappa shape index (κ3) is 3.28. The van der Waals surface area contributed by atoms with Gasteiger partial charge < -0.3 is 0 Å². The first-order valence-electron chi connectivity index (χ1n) is 7.09. The molecule has 2 aromatic rings. The van der Waals surface area contributed by atoms with Crippen molar-refractivity contribution in [3.8, 4) is 0 Å². The van der Waals surface area contributed by atoms with Crippen molar-refractivity contribution < 1.29 is 4.21 Å². The Balaban J connectivity index is 2.38. The minimum atomic E-state index is -1.06. The van der Waals surface area contributed by atoms with Crippen molar-refractivity contribution in [1.29, 1.82) is 0 Å². The van der Waals surface area contributed by atoms with E-state index in [0.717, 1.165) is 6.42 Å². The van der Waals surface area contributed by atoms with Crippen LogP contribution in [0.25, 0.3) is 10.8 Å². The second-order valence-electron chi connectivity index (χ2n) is 6.03. The van der Waals surface area contributed by atoms with Gasteiger partial charge in [-0.05, 0) is 43.5 Å². The van der Waals surface area contributed by atoms with E-state index in [1.54, 1.807) is 0 Å². The van der Waals surface area contributed by atoms with Gasteiger partial charge in [-0.2, -0.15) is 0 Å². The quantitative estimate of drug-likeness (QED) is 0.891. The van der Waals surface area contributed by atoms with Gasteiger partial charge in [0.15, 0.2) is 0 Å². The third-order valence-electron chi connectivity index (χ3n) is 3.41. The summed E-state index contributed by atoms with van der Waals surface area (Å²) in [4.78, 5) is 0. The predicted octanol–water partition coefficient (Wildman–Crippen LogP) is 4.34. The van der Waals surface area contributed by atoms with Crippen molar-refractivity contribution >= 4 is 21.8 Å². The highest BCUT2D eigenvalue weighted by Crippen LogP contribution is 2.27. The van der Waals surface area contributed by atoms with E-state index in [2.05, 4.69) is 48.0 Å². The predicted molar refractivity (Wildman–Crippen MR) is 88.0 cm³/mol. The molecule has 0 saturated carbocycles. The Hall–Kier alpha value is -1.19. The van der Waals surface area contributed by atoms with E-state index >= 15 is 0 Å². The van der Waals surface area contributed by atoms with E-state index in [4.69, 9.17) is 0 Å². The van der Waals surface area contributed by atoms with Crippen LogP contribution in [0.4, 0.5) is 0 Å². The maximum absolute atomic E-state index is 12.3. The maximum atomic E-state index is 12.3. The van der Waals surface area contributed by atoms with Gasteiger partial charge >= 0.3 is 0 Å². The number of benzene rings is 2. The van der Waals surface area contributed by atoms with E-state index in [1.165, 1.54) is 16.3 Å². The summed E-state index contributed by atoms with van der Waals surface area (Å²) in [6.07, 6.45) is 0.913. The third-order valence-corrected chi connectivity index (χ3v) is 5.02. The van der Waals surface area contributed by atoms with Gasteiger partial charge in [0, 0.05) is 6.04 Å². The lowest BCUT2D eigenvalue weighted by Crippen LogP contribution is -2.35. The van der Waals surface area contributed by atoms with Crippen molar-refractivity contribution in [2.75, 3.05) is 0 Å². The van der Waals surface area contributed by atoms with Gasteiger partial charge in [-0.3, -0.25) is 0 Å². The standard InChI is InChI=1S/C17H23NOS/c1-5-16(18-20(19)17(2,3)4)15-12-8-10-13-9-6-7-11-14(13)15/h6-12,16,18H,5H2,1-4H3/t16-,20+/m0/s1. The fraction of sp³-hybridized carbons (Fsp3) is 0.412. The molecule has 0 heterocycles. The summed E-state index contributed by atoms with van der Waals surface area (Å²) >= 11 is 0. The Morgan fingerprint density at radius 2 is 1.75 bits per heavy atom. The van der Waals surface area contributed by atoms with Crippen LogP contribution in [-0.2, 0) is 11.0 Å². The Bertz CT molecular complexity index is 610. The average Bonchev–Trinajstić information content (AvgIpc) is 2.43. The molecule has 2 aromatic carbocycles. The highest BCUT2D eigenvalue weighted by atomic mass is 32.2. The van der Waals surface area contributed by atoms with Crippen molar-refractivity contribution in [2.24, 2.45) is 0 Å². The highest BCUT2D eigenvalue weighted by molar-refractivity contribution is 7.84. The molecule has 2 nitrogen and oxygen atoms in total. The van der Waals surface area contributed by atoms with Crippen LogP contribution in [0.1, 0.15) is 45.7 Å². The summed E-state index contributed by atoms with van der Waals surface area (Å²) in [6, 6.07) is 14.8. The molecule has 0 unspecified atom stereocenters. The zero-order valence-electron chi connectivity index (χ0n) is 12.6. The Morgan fingerprint density at radius 3 is 2.40 bits per heavy atom. The van der Waals surface area contributed by atoms with Crippen molar-refractivity contribution in [3.63, 3.8) is 0 Å². The topological polar surface area (TPSA) is 29.1 Å². The molecule has 0 spiro atoms. The molecule has 0 aliphatic rings. The molecule has 20 heavy (non-hydrogen) atoms. The van der Waals surface area contributed by atoms with Crippen LogP contribution in [0.2, 0.25) is 0 Å². The molecule has 0 aliphatic carbocycles. The van der Waals surface area contributed by atoms with Crippen LogP contribution >= 0.6 is 0 Å². The maximum Gasteiger partial charge on any atom is 0.0975 e. The fourth-order valence-corrected chi connectivity index (χ4v) is 3.13. The van der Waals surface area contributed by atoms with Crippen LogP contribution < -0.4 is 4.72 Å². The molecule has 0 fully saturated rings. The van der Waals surface area contributed by atoms with Crippen molar-refractivity contribution in [3.05, 3.63) is 48.0 Å². The molecular formula is C17H23NOS. The Labute approximate surface area is 124 Å². The summed E-state index contributed by atoms with van der Waals surface area (Å²) in [5, 5.41) is 2.46. The minimum Gasteiger partial charge on any atom is -0.242 e. The summed E-state index contributed by atoms with van der Waals surface area (Å²) < 4.78 is 15.4. The molecule has 2 atom stereocenters. The molecule has 0 radical (unpaired) electrons. The van der Waals surface area contributed by atoms with Gasteiger partial charge in [-0.1, -0.05) is 49.4 Å². The SMILES string of the molecule is CC[C@H](N[S@](=O)C(C)(C)C)c1cccc2ccccc12. The van der Waals surface area contributed by atoms with Crippen LogP contribution in [0.15, 0.2) is 42.5 Å². The van der Waals surface area contributed by atoms with Gasteiger partial charge in [0.2, 0.25) is 0 Å². The molecular weight excluding hydrogens is 266 g/mol. The largest absolute Gasteiger partial charge is 0.242 e. The van der Waals surface area contributed by atoms with Crippen molar-refractivity contribution in [2.45, 2.75) is 44.9 Å². The molecule has 3 heteroatoms. The van der Waals surface area contributed by atoms with Gasteiger partial charge in [-0.25, -0.2) is 8.93 Å². The van der Waals surface area contributed by atoms with Gasteiger partial charge in [0.1, 0.15) is 0 Å². The van der Waals surface area contributed by atoms with E-state index in [-0.39, 0.29) is 10.8 Å². The number of nitrogens with one attached hydrogen (secondary N) is 1. The molecule has 0 amide bonds. The number of rotatable bonds is 4. The van der Waals surface area contributed by atoms with Gasteiger partial charge in [0.05, 0.1) is 15.7 Å². The fourth-order valence-electron chi connectivity index (χ4n) is 2.23. The lowest BCUT2D eigenvalue weighted by atomic mass is 9.98. The number of fused-ring (bicyclic) bond motifs is 1. The first-order valence-corrected chi connectivity index (χ1v) is 8.24. The number of hydrogen-bond acceptors (Lipinski definition) is 1. The van der Waals surface area contributed by atoms with Gasteiger partial charge in [0.25, 0.3) is 0 Å². The Morgan fingerprint density at radius 1 is 1.10 bits per heavy atom. The molecule has 2 rings (SSSR count). The first-order chi connectivity index (χ1) is 9.43. The zero-order valence-corrected chi connectivity index (χ0v) is 13.5. The average molecular weight is 289 g/mol. The molecule has 0 saturated heterocycles. The Kier molecular flexibility index (Phi) is 4.61. The second kappa shape index (κ2) is 6.06. The smallest absolute Gasteiger partial charge is 0.0975 e.